The van der Waals surface area contributed by atoms with Gasteiger partial charge in [-0.15, -0.1) is 0 Å². The molecule has 136 valence electrons. The van der Waals surface area contributed by atoms with Crippen LogP contribution in [0.25, 0.3) is 0 Å². The second kappa shape index (κ2) is 8.01. The summed E-state index contributed by atoms with van der Waals surface area (Å²) in [5, 5.41) is 6.13. The fourth-order valence-electron chi connectivity index (χ4n) is 2.56. The first-order valence-corrected chi connectivity index (χ1v) is 8.73. The largest absolute Gasteiger partial charge is 0.321 e. The van der Waals surface area contributed by atoms with Gasteiger partial charge in [0.15, 0.2) is 0 Å². The van der Waals surface area contributed by atoms with Crippen molar-refractivity contribution in [1.82, 2.24) is 4.98 Å². The molecule has 27 heavy (non-hydrogen) atoms. The molecule has 0 spiro atoms. The van der Waals surface area contributed by atoms with E-state index >= 15 is 0 Å². The minimum atomic E-state index is -0.404. The lowest BCUT2D eigenvalue weighted by Gasteiger charge is -2.10. The highest BCUT2D eigenvalue weighted by molar-refractivity contribution is 6.30. The number of carbonyl (C=O) groups is 2. The Balaban J connectivity index is 1.75. The molecule has 0 aliphatic heterocycles. The number of aryl methyl sites for hydroxylation is 2. The number of carbonyl (C=O) groups excluding carboxylic acids is 2. The van der Waals surface area contributed by atoms with Crippen LogP contribution in [0.4, 0.5) is 11.4 Å². The van der Waals surface area contributed by atoms with Gasteiger partial charge in [-0.25, -0.2) is 4.98 Å². The van der Waals surface area contributed by atoms with E-state index in [-0.39, 0.29) is 17.3 Å². The Labute approximate surface area is 162 Å². The van der Waals surface area contributed by atoms with Gasteiger partial charge in [-0.1, -0.05) is 35.4 Å². The third-order valence-electron chi connectivity index (χ3n) is 3.95. The summed E-state index contributed by atoms with van der Waals surface area (Å²) in [6, 6.07) is 17.2. The summed E-state index contributed by atoms with van der Waals surface area (Å²) in [7, 11) is 0. The van der Waals surface area contributed by atoms with Gasteiger partial charge in [0, 0.05) is 16.4 Å². The van der Waals surface area contributed by atoms with E-state index in [0.717, 1.165) is 11.1 Å². The van der Waals surface area contributed by atoms with Gasteiger partial charge in [-0.05, 0) is 61.9 Å². The van der Waals surface area contributed by atoms with Gasteiger partial charge in [0.05, 0.1) is 0 Å². The second-order valence-corrected chi connectivity index (χ2v) is 6.58. The summed E-state index contributed by atoms with van der Waals surface area (Å²) in [5.74, 6) is -0.776. The fourth-order valence-corrected chi connectivity index (χ4v) is 2.68. The number of benzene rings is 2. The van der Waals surface area contributed by atoms with Crippen LogP contribution in [0.15, 0.2) is 60.7 Å². The van der Waals surface area contributed by atoms with Crippen molar-refractivity contribution in [3.05, 3.63) is 88.2 Å². The first-order valence-electron chi connectivity index (χ1n) is 8.35. The van der Waals surface area contributed by atoms with E-state index in [1.165, 1.54) is 0 Å². The highest BCUT2D eigenvalue weighted by Gasteiger charge is 2.13. The number of aromatic nitrogens is 1. The number of halogens is 1. The van der Waals surface area contributed by atoms with Crippen molar-refractivity contribution in [2.45, 2.75) is 13.8 Å². The van der Waals surface area contributed by atoms with Crippen LogP contribution in [0.3, 0.4) is 0 Å². The van der Waals surface area contributed by atoms with Gasteiger partial charge in [-0.3, -0.25) is 9.59 Å². The van der Waals surface area contributed by atoms with Crippen molar-refractivity contribution in [3.63, 3.8) is 0 Å². The third kappa shape index (κ3) is 4.71. The van der Waals surface area contributed by atoms with Crippen LogP contribution >= 0.6 is 11.6 Å². The summed E-state index contributed by atoms with van der Waals surface area (Å²) in [5.41, 5.74) is 3.70. The average Bonchev–Trinajstić information content (AvgIpc) is 2.66. The topological polar surface area (TPSA) is 71.1 Å². The number of anilines is 2. The van der Waals surface area contributed by atoms with Gasteiger partial charge < -0.3 is 10.6 Å². The second-order valence-electron chi connectivity index (χ2n) is 6.14. The number of rotatable bonds is 4. The molecule has 0 atom stereocenters. The van der Waals surface area contributed by atoms with E-state index in [1.54, 1.807) is 42.5 Å². The quantitative estimate of drug-likeness (QED) is 0.680. The van der Waals surface area contributed by atoms with Crippen molar-refractivity contribution in [2.75, 3.05) is 10.6 Å². The summed E-state index contributed by atoms with van der Waals surface area (Å²) >= 11 is 5.84. The molecular formula is C21H18ClN3O2. The van der Waals surface area contributed by atoms with E-state index < -0.39 is 5.91 Å². The van der Waals surface area contributed by atoms with Crippen molar-refractivity contribution in [2.24, 2.45) is 0 Å². The lowest BCUT2D eigenvalue weighted by atomic mass is 10.1. The van der Waals surface area contributed by atoms with E-state index in [9.17, 15) is 9.59 Å². The predicted octanol–water partition coefficient (Wildman–Crippen LogP) is 4.86. The van der Waals surface area contributed by atoms with Gasteiger partial charge in [-0.2, -0.15) is 0 Å². The van der Waals surface area contributed by atoms with Crippen LogP contribution < -0.4 is 10.6 Å². The van der Waals surface area contributed by atoms with E-state index in [4.69, 9.17) is 11.6 Å². The minimum absolute atomic E-state index is 0.151. The standard InChI is InChI=1S/C21H18ClN3O2/c1-13-6-11-17(14(2)12-13)25-21(27)19-5-3-4-18(24-19)20(26)23-16-9-7-15(22)8-10-16/h3-12H,1-2H3,(H,23,26)(H,25,27). The van der Waals surface area contributed by atoms with Gasteiger partial charge in [0.25, 0.3) is 11.8 Å². The summed E-state index contributed by atoms with van der Waals surface area (Å²) in [6.45, 7) is 3.91. The molecule has 0 saturated heterocycles. The zero-order valence-electron chi connectivity index (χ0n) is 14.9. The molecule has 6 heteroatoms. The molecule has 5 nitrogen and oxygen atoms in total. The number of hydrogen-bond acceptors (Lipinski definition) is 3. The van der Waals surface area contributed by atoms with Gasteiger partial charge in [0.1, 0.15) is 11.4 Å². The van der Waals surface area contributed by atoms with Crippen molar-refractivity contribution >= 4 is 34.8 Å². The Morgan fingerprint density at radius 2 is 1.48 bits per heavy atom. The van der Waals surface area contributed by atoms with Crippen LogP contribution in [0.5, 0.6) is 0 Å². The molecule has 0 aliphatic rings. The van der Waals surface area contributed by atoms with Crippen molar-refractivity contribution in [1.29, 1.82) is 0 Å². The molecule has 2 amide bonds. The predicted molar refractivity (Wildman–Crippen MR) is 108 cm³/mol. The summed E-state index contributed by atoms with van der Waals surface area (Å²) in [6.07, 6.45) is 0. The maximum atomic E-state index is 12.5. The maximum absolute atomic E-state index is 12.5. The zero-order chi connectivity index (χ0) is 19.4. The fraction of sp³-hybridized carbons (Fsp3) is 0.0952. The summed E-state index contributed by atoms with van der Waals surface area (Å²) in [4.78, 5) is 29.1. The molecule has 2 N–H and O–H groups in total. The Kier molecular flexibility index (Phi) is 5.52. The van der Waals surface area contributed by atoms with E-state index in [0.29, 0.717) is 16.4 Å². The van der Waals surface area contributed by atoms with Crippen LogP contribution in [-0.4, -0.2) is 16.8 Å². The zero-order valence-corrected chi connectivity index (χ0v) is 15.7. The van der Waals surface area contributed by atoms with Gasteiger partial charge >= 0.3 is 0 Å². The third-order valence-corrected chi connectivity index (χ3v) is 4.20. The van der Waals surface area contributed by atoms with Crippen molar-refractivity contribution in [3.8, 4) is 0 Å². The van der Waals surface area contributed by atoms with Crippen LogP contribution in [0.2, 0.25) is 5.02 Å². The number of nitrogens with one attached hydrogen (secondary N) is 2. The Hall–Kier alpha value is -3.18. The molecule has 0 fully saturated rings. The van der Waals surface area contributed by atoms with Crippen LogP contribution in [-0.2, 0) is 0 Å². The molecule has 0 unspecified atom stereocenters. The first kappa shape index (κ1) is 18.6. The molecule has 0 aliphatic carbocycles. The molecule has 3 rings (SSSR count). The van der Waals surface area contributed by atoms with E-state index in [2.05, 4.69) is 15.6 Å². The Morgan fingerprint density at radius 1 is 0.852 bits per heavy atom. The molecule has 1 aromatic heterocycles. The molecular weight excluding hydrogens is 362 g/mol. The lowest BCUT2D eigenvalue weighted by Crippen LogP contribution is -2.18. The normalized spacial score (nSPS) is 10.3. The first-order chi connectivity index (χ1) is 12.9. The lowest BCUT2D eigenvalue weighted by molar-refractivity contribution is 0.101. The molecule has 0 bridgehead atoms. The molecule has 1 heterocycles. The number of amides is 2. The van der Waals surface area contributed by atoms with Crippen molar-refractivity contribution < 1.29 is 9.59 Å². The highest BCUT2D eigenvalue weighted by Crippen LogP contribution is 2.17. The van der Waals surface area contributed by atoms with Crippen LogP contribution in [0, 0.1) is 13.8 Å². The van der Waals surface area contributed by atoms with E-state index in [1.807, 2.05) is 32.0 Å². The SMILES string of the molecule is Cc1ccc(NC(=O)c2cccc(C(=O)Nc3ccc(Cl)cc3)n2)c(C)c1. The highest BCUT2D eigenvalue weighted by atomic mass is 35.5. The smallest absolute Gasteiger partial charge is 0.274 e. The van der Waals surface area contributed by atoms with Gasteiger partial charge in [0.2, 0.25) is 0 Å². The number of nitrogens with zero attached hydrogens (tertiary/aromatic N) is 1. The molecule has 0 saturated carbocycles. The number of hydrogen-bond donors (Lipinski definition) is 2. The molecule has 0 radical (unpaired) electrons. The van der Waals surface area contributed by atoms with Crippen LogP contribution in [0.1, 0.15) is 32.1 Å². The molecule has 2 aromatic carbocycles. The Morgan fingerprint density at radius 3 is 2.11 bits per heavy atom. The number of pyridine rings is 1. The Bertz CT molecular complexity index is 1000. The average molecular weight is 380 g/mol. The maximum Gasteiger partial charge on any atom is 0.274 e. The molecule has 3 aromatic rings. The minimum Gasteiger partial charge on any atom is -0.321 e. The summed E-state index contributed by atoms with van der Waals surface area (Å²) < 4.78 is 0. The monoisotopic (exact) mass is 379 g/mol.